The molecule has 0 radical (unpaired) electrons. The van der Waals surface area contributed by atoms with E-state index in [0.29, 0.717) is 6.42 Å². The Hall–Kier alpha value is -0.570. The molecule has 1 saturated carbocycles. The maximum Gasteiger partial charge on any atom is 0.222 e. The van der Waals surface area contributed by atoms with Gasteiger partial charge in [0.15, 0.2) is 0 Å². The molecule has 18 heavy (non-hydrogen) atoms. The molecule has 1 amide bonds. The van der Waals surface area contributed by atoms with Gasteiger partial charge >= 0.3 is 0 Å². The van der Waals surface area contributed by atoms with E-state index in [-0.39, 0.29) is 18.6 Å². The SMILES string of the molecule is O=C(CCC1CCCC1)N1CCCCCC1CO. The second kappa shape index (κ2) is 7.13. The fraction of sp³-hybridized carbons (Fsp3) is 0.933. The summed E-state index contributed by atoms with van der Waals surface area (Å²) in [4.78, 5) is 14.3. The van der Waals surface area contributed by atoms with Gasteiger partial charge in [-0.3, -0.25) is 4.79 Å². The molecule has 0 aromatic rings. The largest absolute Gasteiger partial charge is 0.394 e. The molecule has 3 nitrogen and oxygen atoms in total. The van der Waals surface area contributed by atoms with Crippen molar-refractivity contribution in [1.29, 1.82) is 0 Å². The summed E-state index contributed by atoms with van der Waals surface area (Å²) in [5.74, 6) is 1.07. The average molecular weight is 253 g/mol. The molecule has 1 atom stereocenters. The van der Waals surface area contributed by atoms with Crippen LogP contribution in [0.1, 0.15) is 64.2 Å². The fourth-order valence-corrected chi connectivity index (χ4v) is 3.47. The number of likely N-dealkylation sites (tertiary alicyclic amines) is 1. The van der Waals surface area contributed by atoms with E-state index in [1.807, 2.05) is 4.90 Å². The minimum Gasteiger partial charge on any atom is -0.394 e. The van der Waals surface area contributed by atoms with Gasteiger partial charge in [-0.25, -0.2) is 0 Å². The molecular weight excluding hydrogens is 226 g/mol. The summed E-state index contributed by atoms with van der Waals surface area (Å²) in [6.45, 7) is 0.990. The summed E-state index contributed by atoms with van der Waals surface area (Å²) in [6, 6.07) is 0.0866. The summed E-state index contributed by atoms with van der Waals surface area (Å²) in [5.41, 5.74) is 0. The van der Waals surface area contributed by atoms with Crippen LogP contribution < -0.4 is 0 Å². The second-order valence-corrected chi connectivity index (χ2v) is 5.96. The molecule has 1 N–H and O–H groups in total. The van der Waals surface area contributed by atoms with Gasteiger partial charge in [-0.05, 0) is 25.2 Å². The van der Waals surface area contributed by atoms with Crippen LogP contribution in [-0.4, -0.2) is 35.1 Å². The number of rotatable bonds is 4. The zero-order valence-electron chi connectivity index (χ0n) is 11.4. The van der Waals surface area contributed by atoms with E-state index >= 15 is 0 Å². The van der Waals surface area contributed by atoms with Crippen molar-refractivity contribution in [3.63, 3.8) is 0 Å². The number of aliphatic hydroxyl groups is 1. The first-order valence-electron chi connectivity index (χ1n) is 7.71. The lowest BCUT2D eigenvalue weighted by atomic mass is 10.0. The van der Waals surface area contributed by atoms with Crippen LogP contribution in [0.4, 0.5) is 0 Å². The second-order valence-electron chi connectivity index (χ2n) is 5.96. The van der Waals surface area contributed by atoms with E-state index in [9.17, 15) is 9.90 Å². The molecule has 0 spiro atoms. The van der Waals surface area contributed by atoms with Crippen LogP contribution in [-0.2, 0) is 4.79 Å². The molecule has 1 saturated heterocycles. The number of amides is 1. The predicted molar refractivity (Wildman–Crippen MR) is 72.2 cm³/mol. The monoisotopic (exact) mass is 253 g/mol. The van der Waals surface area contributed by atoms with E-state index in [1.54, 1.807) is 0 Å². The van der Waals surface area contributed by atoms with Gasteiger partial charge in [0.25, 0.3) is 0 Å². The van der Waals surface area contributed by atoms with Crippen LogP contribution >= 0.6 is 0 Å². The van der Waals surface area contributed by atoms with Gasteiger partial charge in [0.2, 0.25) is 5.91 Å². The molecule has 104 valence electrons. The summed E-state index contributed by atoms with van der Waals surface area (Å²) in [7, 11) is 0. The highest BCUT2D eigenvalue weighted by Crippen LogP contribution is 2.29. The standard InChI is InChI=1S/C15H27NO2/c17-12-14-8-2-1-5-11-16(14)15(18)10-9-13-6-3-4-7-13/h13-14,17H,1-12H2. The molecule has 0 bridgehead atoms. The average Bonchev–Trinajstić information content (AvgIpc) is 2.79. The lowest BCUT2D eigenvalue weighted by molar-refractivity contribution is -0.134. The molecule has 0 aromatic heterocycles. The summed E-state index contributed by atoms with van der Waals surface area (Å²) in [6.07, 6.45) is 11.5. The maximum absolute atomic E-state index is 12.3. The number of hydrogen-bond acceptors (Lipinski definition) is 2. The quantitative estimate of drug-likeness (QED) is 0.837. The van der Waals surface area contributed by atoms with Gasteiger partial charge in [0, 0.05) is 13.0 Å². The third-order valence-electron chi connectivity index (χ3n) is 4.65. The molecule has 1 aliphatic heterocycles. The van der Waals surface area contributed by atoms with Crippen LogP contribution in [0, 0.1) is 5.92 Å². The normalized spacial score (nSPS) is 26.3. The van der Waals surface area contributed by atoms with E-state index in [1.165, 1.54) is 32.1 Å². The van der Waals surface area contributed by atoms with Gasteiger partial charge in [0.1, 0.15) is 0 Å². The van der Waals surface area contributed by atoms with Crippen LogP contribution in [0.15, 0.2) is 0 Å². The van der Waals surface area contributed by atoms with Gasteiger partial charge in [-0.2, -0.15) is 0 Å². The third kappa shape index (κ3) is 3.71. The number of hydrogen-bond donors (Lipinski definition) is 1. The summed E-state index contributed by atoms with van der Waals surface area (Å²) in [5, 5.41) is 9.42. The molecule has 0 aromatic carbocycles. The van der Waals surface area contributed by atoms with Crippen LogP contribution in [0.5, 0.6) is 0 Å². The molecule has 1 aliphatic carbocycles. The number of aliphatic hydroxyl groups excluding tert-OH is 1. The fourth-order valence-electron chi connectivity index (χ4n) is 3.47. The Labute approximate surface area is 111 Å². The number of carbonyl (C=O) groups excluding carboxylic acids is 1. The van der Waals surface area contributed by atoms with Crippen molar-refractivity contribution in [3.05, 3.63) is 0 Å². The topological polar surface area (TPSA) is 40.5 Å². The lowest BCUT2D eigenvalue weighted by Gasteiger charge is -2.29. The minimum atomic E-state index is 0.0866. The van der Waals surface area contributed by atoms with E-state index < -0.39 is 0 Å². The van der Waals surface area contributed by atoms with Gasteiger partial charge in [-0.15, -0.1) is 0 Å². The number of carbonyl (C=O) groups is 1. The first-order valence-corrected chi connectivity index (χ1v) is 7.71. The maximum atomic E-state index is 12.3. The predicted octanol–water partition coefficient (Wildman–Crippen LogP) is 2.72. The lowest BCUT2D eigenvalue weighted by Crippen LogP contribution is -2.42. The van der Waals surface area contributed by atoms with Crippen LogP contribution in [0.3, 0.4) is 0 Å². The molecule has 1 unspecified atom stereocenters. The van der Waals surface area contributed by atoms with E-state index in [4.69, 9.17) is 0 Å². The minimum absolute atomic E-state index is 0.0866. The van der Waals surface area contributed by atoms with Gasteiger partial charge < -0.3 is 10.0 Å². The highest BCUT2D eigenvalue weighted by atomic mass is 16.3. The first kappa shape index (κ1) is 13.9. The zero-order chi connectivity index (χ0) is 12.8. The Bertz CT molecular complexity index is 261. The van der Waals surface area contributed by atoms with E-state index in [2.05, 4.69) is 0 Å². The van der Waals surface area contributed by atoms with E-state index in [0.717, 1.165) is 38.1 Å². The summed E-state index contributed by atoms with van der Waals surface area (Å²) < 4.78 is 0. The Morgan fingerprint density at radius 1 is 1.06 bits per heavy atom. The van der Waals surface area contributed by atoms with Gasteiger partial charge in [0.05, 0.1) is 12.6 Å². The van der Waals surface area contributed by atoms with Crippen molar-refractivity contribution in [3.8, 4) is 0 Å². The van der Waals surface area contributed by atoms with Crippen LogP contribution in [0.2, 0.25) is 0 Å². The highest BCUT2D eigenvalue weighted by Gasteiger charge is 2.25. The Kier molecular flexibility index (Phi) is 5.48. The molecular formula is C15H27NO2. The molecule has 2 fully saturated rings. The molecule has 2 aliphatic rings. The Morgan fingerprint density at radius 3 is 2.50 bits per heavy atom. The van der Waals surface area contributed by atoms with Crippen molar-refractivity contribution in [2.75, 3.05) is 13.2 Å². The van der Waals surface area contributed by atoms with Crippen LogP contribution in [0.25, 0.3) is 0 Å². The smallest absolute Gasteiger partial charge is 0.222 e. The first-order chi connectivity index (χ1) is 8.81. The summed E-state index contributed by atoms with van der Waals surface area (Å²) >= 11 is 0. The van der Waals surface area contributed by atoms with Gasteiger partial charge in [-0.1, -0.05) is 38.5 Å². The highest BCUT2D eigenvalue weighted by molar-refractivity contribution is 5.76. The molecule has 3 heteroatoms. The van der Waals surface area contributed by atoms with Crippen molar-refractivity contribution in [2.24, 2.45) is 5.92 Å². The van der Waals surface area contributed by atoms with Crippen molar-refractivity contribution in [2.45, 2.75) is 70.3 Å². The Balaban J connectivity index is 1.80. The molecule has 1 heterocycles. The zero-order valence-corrected chi connectivity index (χ0v) is 11.4. The van der Waals surface area contributed by atoms with Crippen molar-refractivity contribution < 1.29 is 9.90 Å². The molecule has 2 rings (SSSR count). The third-order valence-corrected chi connectivity index (χ3v) is 4.65. The Morgan fingerprint density at radius 2 is 1.78 bits per heavy atom. The van der Waals surface area contributed by atoms with Crippen molar-refractivity contribution >= 4 is 5.91 Å². The number of nitrogens with zero attached hydrogens (tertiary/aromatic N) is 1. The van der Waals surface area contributed by atoms with Crippen molar-refractivity contribution in [1.82, 2.24) is 4.90 Å².